The van der Waals surface area contributed by atoms with Crippen molar-refractivity contribution in [2.75, 3.05) is 38.2 Å². The minimum Gasteiger partial charge on any atom is -0.394 e. The van der Waals surface area contributed by atoms with Crippen LogP contribution in [0.2, 0.25) is 0 Å². The van der Waals surface area contributed by atoms with Crippen LogP contribution >= 0.6 is 0 Å². The topological polar surface area (TPSA) is 26.7 Å². The molecule has 1 fully saturated rings. The highest BCUT2D eigenvalue weighted by atomic mass is 19.1. The molecule has 1 aliphatic heterocycles. The fourth-order valence-corrected chi connectivity index (χ4v) is 2.39. The summed E-state index contributed by atoms with van der Waals surface area (Å²) in [6.07, 6.45) is 1.03. The molecule has 0 bridgehead atoms. The summed E-state index contributed by atoms with van der Waals surface area (Å²) in [5.74, 6) is -0.225. The maximum absolute atomic E-state index is 13.2. The summed E-state index contributed by atoms with van der Waals surface area (Å²) in [6, 6.07) is 6.64. The number of benzene rings is 1. The van der Waals surface area contributed by atoms with Gasteiger partial charge in [-0.15, -0.1) is 0 Å². The Morgan fingerprint density at radius 2 is 2.24 bits per heavy atom. The van der Waals surface area contributed by atoms with Crippen LogP contribution in [0.4, 0.5) is 10.1 Å². The number of rotatable bonds is 2. The van der Waals surface area contributed by atoms with E-state index in [9.17, 15) is 9.50 Å². The number of likely N-dealkylation sites (N-methyl/N-ethyl adjacent to an activating group) is 1. The van der Waals surface area contributed by atoms with Crippen molar-refractivity contribution in [1.82, 2.24) is 4.90 Å². The highest BCUT2D eigenvalue weighted by molar-refractivity contribution is 5.47. The molecule has 0 saturated carbocycles. The standard InChI is InChI=1S/C13H19FN2O/c1-15-6-3-7-16(13(9-15)10-17)12-5-2-4-11(14)8-12/h2,4-5,8,13,17H,3,6-7,9-10H2,1H3. The van der Waals surface area contributed by atoms with Gasteiger partial charge in [0.25, 0.3) is 0 Å². The third-order valence-electron chi connectivity index (χ3n) is 3.25. The summed E-state index contributed by atoms with van der Waals surface area (Å²) in [6.45, 7) is 2.79. The number of aliphatic hydroxyl groups is 1. The second-order valence-electron chi connectivity index (χ2n) is 4.63. The van der Waals surface area contributed by atoms with Gasteiger partial charge in [0.05, 0.1) is 12.6 Å². The predicted octanol–water partition coefficient (Wildman–Crippen LogP) is 1.33. The molecule has 4 heteroatoms. The molecule has 94 valence electrons. The van der Waals surface area contributed by atoms with Crippen LogP contribution in [-0.2, 0) is 0 Å². The molecule has 1 saturated heterocycles. The van der Waals surface area contributed by atoms with Crippen LogP contribution in [0.1, 0.15) is 6.42 Å². The zero-order valence-electron chi connectivity index (χ0n) is 10.1. The summed E-state index contributed by atoms with van der Waals surface area (Å²) in [4.78, 5) is 4.31. The van der Waals surface area contributed by atoms with Gasteiger partial charge < -0.3 is 14.9 Å². The highest BCUT2D eigenvalue weighted by Gasteiger charge is 2.23. The number of anilines is 1. The van der Waals surface area contributed by atoms with Gasteiger partial charge in [0.2, 0.25) is 0 Å². The molecule has 1 heterocycles. The first kappa shape index (κ1) is 12.3. The Morgan fingerprint density at radius 1 is 1.41 bits per heavy atom. The van der Waals surface area contributed by atoms with Gasteiger partial charge in [-0.05, 0) is 38.2 Å². The van der Waals surface area contributed by atoms with Gasteiger partial charge in [-0.2, -0.15) is 0 Å². The summed E-state index contributed by atoms with van der Waals surface area (Å²) < 4.78 is 13.2. The summed E-state index contributed by atoms with van der Waals surface area (Å²) >= 11 is 0. The maximum Gasteiger partial charge on any atom is 0.125 e. The van der Waals surface area contributed by atoms with Crippen molar-refractivity contribution < 1.29 is 9.50 Å². The Balaban J connectivity index is 2.22. The van der Waals surface area contributed by atoms with Crippen LogP contribution < -0.4 is 4.90 Å². The van der Waals surface area contributed by atoms with E-state index in [-0.39, 0.29) is 18.5 Å². The molecule has 0 aliphatic carbocycles. The normalized spacial score (nSPS) is 22.5. The molecule has 1 aliphatic rings. The number of nitrogens with zero attached hydrogens (tertiary/aromatic N) is 2. The van der Waals surface area contributed by atoms with E-state index >= 15 is 0 Å². The van der Waals surface area contributed by atoms with Gasteiger partial charge in [-0.25, -0.2) is 4.39 Å². The smallest absolute Gasteiger partial charge is 0.125 e. The van der Waals surface area contributed by atoms with E-state index in [4.69, 9.17) is 0 Å². The van der Waals surface area contributed by atoms with E-state index in [1.165, 1.54) is 12.1 Å². The first-order valence-corrected chi connectivity index (χ1v) is 6.02. The molecule has 1 unspecified atom stereocenters. The van der Waals surface area contributed by atoms with Crippen LogP contribution in [-0.4, -0.2) is 49.3 Å². The third-order valence-corrected chi connectivity index (χ3v) is 3.25. The summed E-state index contributed by atoms with van der Waals surface area (Å²) in [5.41, 5.74) is 0.861. The fraction of sp³-hybridized carbons (Fsp3) is 0.538. The van der Waals surface area contributed by atoms with Crippen molar-refractivity contribution in [3.63, 3.8) is 0 Å². The van der Waals surface area contributed by atoms with Gasteiger partial charge in [0.1, 0.15) is 5.82 Å². The molecule has 1 atom stereocenters. The minimum atomic E-state index is -0.225. The largest absolute Gasteiger partial charge is 0.394 e. The lowest BCUT2D eigenvalue weighted by atomic mass is 10.2. The van der Waals surface area contributed by atoms with Gasteiger partial charge >= 0.3 is 0 Å². The van der Waals surface area contributed by atoms with E-state index in [0.717, 1.165) is 31.7 Å². The number of hydrogen-bond donors (Lipinski definition) is 1. The predicted molar refractivity (Wildman–Crippen MR) is 66.7 cm³/mol. The van der Waals surface area contributed by atoms with Gasteiger partial charge in [0.15, 0.2) is 0 Å². The van der Waals surface area contributed by atoms with Crippen molar-refractivity contribution in [3.05, 3.63) is 30.1 Å². The first-order chi connectivity index (χ1) is 8.20. The molecule has 0 aromatic heterocycles. The third kappa shape index (κ3) is 2.96. The Bertz CT molecular complexity index is 372. The number of halogens is 1. The van der Waals surface area contributed by atoms with E-state index in [0.29, 0.717) is 0 Å². The van der Waals surface area contributed by atoms with Gasteiger partial charge in [-0.3, -0.25) is 0 Å². The number of aliphatic hydroxyl groups excluding tert-OH is 1. The van der Waals surface area contributed by atoms with Gasteiger partial charge in [0, 0.05) is 18.8 Å². The zero-order chi connectivity index (χ0) is 12.3. The van der Waals surface area contributed by atoms with E-state index in [2.05, 4.69) is 16.8 Å². The lowest BCUT2D eigenvalue weighted by Gasteiger charge is -2.31. The maximum atomic E-state index is 13.2. The van der Waals surface area contributed by atoms with Crippen LogP contribution in [0.3, 0.4) is 0 Å². The lowest BCUT2D eigenvalue weighted by molar-refractivity contribution is 0.229. The minimum absolute atomic E-state index is 0.0456. The fourth-order valence-electron chi connectivity index (χ4n) is 2.39. The lowest BCUT2D eigenvalue weighted by Crippen LogP contribution is -2.42. The molecule has 3 nitrogen and oxygen atoms in total. The van der Waals surface area contributed by atoms with Crippen LogP contribution in [0.15, 0.2) is 24.3 Å². The molecule has 0 radical (unpaired) electrons. The molecule has 0 spiro atoms. The van der Waals surface area contributed by atoms with E-state index < -0.39 is 0 Å². The van der Waals surface area contributed by atoms with E-state index in [1.807, 2.05) is 6.07 Å². The van der Waals surface area contributed by atoms with Crippen molar-refractivity contribution in [2.24, 2.45) is 0 Å². The molecule has 1 aromatic carbocycles. The first-order valence-electron chi connectivity index (χ1n) is 6.02. The van der Waals surface area contributed by atoms with Crippen molar-refractivity contribution in [1.29, 1.82) is 0 Å². The quantitative estimate of drug-likeness (QED) is 0.842. The SMILES string of the molecule is CN1CCCN(c2cccc(F)c2)C(CO)C1. The highest BCUT2D eigenvalue weighted by Crippen LogP contribution is 2.20. The van der Waals surface area contributed by atoms with Crippen molar-refractivity contribution in [3.8, 4) is 0 Å². The van der Waals surface area contributed by atoms with E-state index in [1.54, 1.807) is 6.07 Å². The molecule has 2 rings (SSSR count). The average Bonchev–Trinajstić information content (AvgIpc) is 2.50. The summed E-state index contributed by atoms with van der Waals surface area (Å²) in [5, 5.41) is 9.47. The Hall–Kier alpha value is -1.13. The Kier molecular flexibility index (Phi) is 3.97. The second-order valence-corrected chi connectivity index (χ2v) is 4.63. The molecular formula is C13H19FN2O. The summed E-state index contributed by atoms with van der Waals surface area (Å²) in [7, 11) is 2.05. The Labute approximate surface area is 101 Å². The van der Waals surface area contributed by atoms with Crippen LogP contribution in [0, 0.1) is 5.82 Å². The Morgan fingerprint density at radius 3 is 2.94 bits per heavy atom. The zero-order valence-corrected chi connectivity index (χ0v) is 10.1. The molecular weight excluding hydrogens is 219 g/mol. The van der Waals surface area contributed by atoms with Crippen LogP contribution in [0.25, 0.3) is 0 Å². The van der Waals surface area contributed by atoms with Gasteiger partial charge in [-0.1, -0.05) is 6.07 Å². The number of hydrogen-bond acceptors (Lipinski definition) is 3. The molecule has 0 amide bonds. The second kappa shape index (κ2) is 5.47. The van der Waals surface area contributed by atoms with Crippen molar-refractivity contribution >= 4 is 5.69 Å². The van der Waals surface area contributed by atoms with Crippen LogP contribution in [0.5, 0.6) is 0 Å². The molecule has 1 N–H and O–H groups in total. The monoisotopic (exact) mass is 238 g/mol. The van der Waals surface area contributed by atoms with Crippen molar-refractivity contribution in [2.45, 2.75) is 12.5 Å². The average molecular weight is 238 g/mol. The molecule has 17 heavy (non-hydrogen) atoms. The molecule has 1 aromatic rings.